The topological polar surface area (TPSA) is 41.1 Å². The summed E-state index contributed by atoms with van der Waals surface area (Å²) in [5.74, 6) is 0.114. The second-order valence-electron chi connectivity index (χ2n) is 5.79. The monoisotopic (exact) mass is 282 g/mol. The number of hydrogen-bond acceptors (Lipinski definition) is 2. The van der Waals surface area contributed by atoms with Crippen molar-refractivity contribution in [2.75, 3.05) is 13.1 Å². The Balaban J connectivity index is 1.50. The second kappa shape index (κ2) is 6.72. The number of carbonyl (C=O) groups excluding carboxylic acids is 1. The molecule has 0 saturated carbocycles. The molecule has 1 saturated heterocycles. The molecule has 0 spiro atoms. The molecule has 110 valence electrons. The van der Waals surface area contributed by atoms with Crippen molar-refractivity contribution in [3.63, 3.8) is 0 Å². The Morgan fingerprint density at radius 3 is 2.86 bits per heavy atom. The van der Waals surface area contributed by atoms with Crippen LogP contribution in [0.4, 0.5) is 0 Å². The third-order valence-electron chi connectivity index (χ3n) is 4.16. The van der Waals surface area contributed by atoms with Crippen LogP contribution in [0.15, 0.2) is 42.5 Å². The molecule has 2 aromatic carbocycles. The van der Waals surface area contributed by atoms with Crippen molar-refractivity contribution >= 4 is 16.7 Å². The summed E-state index contributed by atoms with van der Waals surface area (Å²) >= 11 is 0. The average molecular weight is 282 g/mol. The zero-order valence-corrected chi connectivity index (χ0v) is 12.3. The molecule has 2 N–H and O–H groups in total. The first-order valence-corrected chi connectivity index (χ1v) is 7.79. The lowest BCUT2D eigenvalue weighted by atomic mass is 10.0. The summed E-state index contributed by atoms with van der Waals surface area (Å²) < 4.78 is 0. The molecular weight excluding hydrogens is 260 g/mol. The van der Waals surface area contributed by atoms with Gasteiger partial charge in [-0.25, -0.2) is 0 Å². The summed E-state index contributed by atoms with van der Waals surface area (Å²) in [4.78, 5) is 12.0. The van der Waals surface area contributed by atoms with E-state index >= 15 is 0 Å². The molecule has 21 heavy (non-hydrogen) atoms. The van der Waals surface area contributed by atoms with E-state index in [1.807, 2.05) is 18.2 Å². The highest BCUT2D eigenvalue weighted by molar-refractivity contribution is 5.85. The van der Waals surface area contributed by atoms with Gasteiger partial charge in [0.15, 0.2) is 0 Å². The first-order valence-electron chi connectivity index (χ1n) is 7.79. The highest BCUT2D eigenvalue weighted by Crippen LogP contribution is 2.16. The molecule has 0 aliphatic carbocycles. The summed E-state index contributed by atoms with van der Waals surface area (Å²) in [5.41, 5.74) is 1.07. The molecule has 1 unspecified atom stereocenters. The van der Waals surface area contributed by atoms with Crippen molar-refractivity contribution in [2.45, 2.75) is 31.7 Å². The van der Waals surface area contributed by atoms with Gasteiger partial charge in [0.2, 0.25) is 5.91 Å². The molecule has 1 fully saturated rings. The molecule has 1 amide bonds. The fourth-order valence-corrected chi connectivity index (χ4v) is 2.99. The largest absolute Gasteiger partial charge is 0.356 e. The Kier molecular flexibility index (Phi) is 4.51. The van der Waals surface area contributed by atoms with Crippen LogP contribution in [0.1, 0.15) is 24.8 Å². The van der Waals surface area contributed by atoms with Crippen LogP contribution < -0.4 is 10.6 Å². The fraction of sp³-hybridized carbons (Fsp3) is 0.389. The zero-order valence-electron chi connectivity index (χ0n) is 12.3. The third-order valence-corrected chi connectivity index (χ3v) is 4.16. The van der Waals surface area contributed by atoms with Crippen LogP contribution in [0.25, 0.3) is 10.8 Å². The lowest BCUT2D eigenvalue weighted by molar-refractivity contribution is -0.120. The number of hydrogen-bond donors (Lipinski definition) is 2. The second-order valence-corrected chi connectivity index (χ2v) is 5.79. The first kappa shape index (κ1) is 14.1. The van der Waals surface area contributed by atoms with Gasteiger partial charge in [0.1, 0.15) is 0 Å². The predicted molar refractivity (Wildman–Crippen MR) is 86.3 cm³/mol. The van der Waals surface area contributed by atoms with Crippen LogP contribution in [0, 0.1) is 0 Å². The van der Waals surface area contributed by atoms with Gasteiger partial charge in [-0.05, 0) is 42.1 Å². The minimum Gasteiger partial charge on any atom is -0.356 e. The SMILES string of the molecule is O=C(Cc1ccc2ccccc2c1)NCCC1CCCN1. The van der Waals surface area contributed by atoms with Crippen LogP contribution in [0.2, 0.25) is 0 Å². The number of benzene rings is 2. The molecule has 3 rings (SSSR count). The molecule has 3 nitrogen and oxygen atoms in total. The van der Waals surface area contributed by atoms with Gasteiger partial charge in [0.05, 0.1) is 6.42 Å². The molecule has 3 heteroatoms. The number of rotatable bonds is 5. The van der Waals surface area contributed by atoms with Gasteiger partial charge in [0, 0.05) is 12.6 Å². The van der Waals surface area contributed by atoms with Gasteiger partial charge >= 0.3 is 0 Å². The number of carbonyl (C=O) groups is 1. The molecular formula is C18H22N2O. The molecule has 1 atom stereocenters. The lowest BCUT2D eigenvalue weighted by Gasteiger charge is -2.11. The van der Waals surface area contributed by atoms with Crippen molar-refractivity contribution < 1.29 is 4.79 Å². The Morgan fingerprint density at radius 1 is 1.19 bits per heavy atom. The van der Waals surface area contributed by atoms with E-state index in [0.29, 0.717) is 12.5 Å². The summed E-state index contributed by atoms with van der Waals surface area (Å²) in [6.07, 6.45) is 3.99. The van der Waals surface area contributed by atoms with Crippen molar-refractivity contribution in [3.05, 3.63) is 48.0 Å². The van der Waals surface area contributed by atoms with E-state index in [2.05, 4.69) is 34.9 Å². The Morgan fingerprint density at radius 2 is 2.05 bits per heavy atom. The summed E-state index contributed by atoms with van der Waals surface area (Å²) in [5, 5.41) is 8.89. The standard InChI is InChI=1S/C18H22N2O/c21-18(20-11-9-17-6-3-10-19-17)13-14-7-8-15-4-1-2-5-16(15)12-14/h1-2,4-5,7-8,12,17,19H,3,6,9-11,13H2,(H,20,21). The maximum Gasteiger partial charge on any atom is 0.224 e. The van der Waals surface area contributed by atoms with Gasteiger partial charge in [0.25, 0.3) is 0 Å². The maximum absolute atomic E-state index is 12.0. The van der Waals surface area contributed by atoms with Crippen LogP contribution in [-0.4, -0.2) is 25.0 Å². The Bertz CT molecular complexity index is 617. The van der Waals surface area contributed by atoms with Crippen molar-refractivity contribution in [2.24, 2.45) is 0 Å². The van der Waals surface area contributed by atoms with E-state index in [9.17, 15) is 4.79 Å². The zero-order chi connectivity index (χ0) is 14.5. The van der Waals surface area contributed by atoms with Crippen LogP contribution in [-0.2, 0) is 11.2 Å². The van der Waals surface area contributed by atoms with Gasteiger partial charge < -0.3 is 10.6 Å². The molecule has 2 aromatic rings. The molecule has 1 aliphatic rings. The van der Waals surface area contributed by atoms with Crippen molar-refractivity contribution in [3.8, 4) is 0 Å². The molecule has 0 bridgehead atoms. The van der Waals surface area contributed by atoms with Crippen molar-refractivity contribution in [1.29, 1.82) is 0 Å². The summed E-state index contributed by atoms with van der Waals surface area (Å²) in [7, 11) is 0. The summed E-state index contributed by atoms with van der Waals surface area (Å²) in [6, 6.07) is 15.1. The quantitative estimate of drug-likeness (QED) is 0.885. The smallest absolute Gasteiger partial charge is 0.224 e. The lowest BCUT2D eigenvalue weighted by Crippen LogP contribution is -2.31. The van der Waals surface area contributed by atoms with Crippen LogP contribution >= 0.6 is 0 Å². The number of amides is 1. The number of fused-ring (bicyclic) bond motifs is 1. The first-order chi connectivity index (χ1) is 10.3. The van der Waals surface area contributed by atoms with E-state index in [1.54, 1.807) is 0 Å². The summed E-state index contributed by atoms with van der Waals surface area (Å²) in [6.45, 7) is 1.89. The fourth-order valence-electron chi connectivity index (χ4n) is 2.99. The van der Waals surface area contributed by atoms with E-state index in [4.69, 9.17) is 0 Å². The molecule has 1 aliphatic heterocycles. The minimum atomic E-state index is 0.114. The molecule has 0 aromatic heterocycles. The van der Waals surface area contributed by atoms with E-state index < -0.39 is 0 Å². The van der Waals surface area contributed by atoms with Crippen LogP contribution in [0.5, 0.6) is 0 Å². The van der Waals surface area contributed by atoms with Crippen LogP contribution in [0.3, 0.4) is 0 Å². The van der Waals surface area contributed by atoms with Gasteiger partial charge in [-0.2, -0.15) is 0 Å². The third kappa shape index (κ3) is 3.82. The molecule has 0 radical (unpaired) electrons. The van der Waals surface area contributed by atoms with Gasteiger partial charge in [-0.3, -0.25) is 4.79 Å². The van der Waals surface area contributed by atoms with Crippen molar-refractivity contribution in [1.82, 2.24) is 10.6 Å². The van der Waals surface area contributed by atoms with E-state index in [-0.39, 0.29) is 5.91 Å². The Labute approximate surface area is 125 Å². The van der Waals surface area contributed by atoms with E-state index in [0.717, 1.165) is 25.1 Å². The Hall–Kier alpha value is -1.87. The normalized spacial score (nSPS) is 18.0. The minimum absolute atomic E-state index is 0.114. The highest BCUT2D eigenvalue weighted by atomic mass is 16.1. The number of nitrogens with one attached hydrogen (secondary N) is 2. The van der Waals surface area contributed by atoms with Gasteiger partial charge in [-0.15, -0.1) is 0 Å². The van der Waals surface area contributed by atoms with Gasteiger partial charge in [-0.1, -0.05) is 42.5 Å². The molecule has 1 heterocycles. The average Bonchev–Trinajstić information content (AvgIpc) is 3.00. The highest BCUT2D eigenvalue weighted by Gasteiger charge is 2.13. The predicted octanol–water partition coefficient (Wildman–Crippen LogP) is 2.64. The maximum atomic E-state index is 12.0. The van der Waals surface area contributed by atoms with E-state index in [1.165, 1.54) is 23.6 Å².